The second-order valence-electron chi connectivity index (χ2n) is 8.04. The van der Waals surface area contributed by atoms with Crippen LogP contribution < -0.4 is 9.64 Å². The highest BCUT2D eigenvalue weighted by Crippen LogP contribution is 2.43. The first-order valence-corrected chi connectivity index (χ1v) is 10.4. The molecule has 1 heterocycles. The van der Waals surface area contributed by atoms with Gasteiger partial charge in [-0.2, -0.15) is 0 Å². The van der Waals surface area contributed by atoms with Gasteiger partial charge in [-0.25, -0.2) is 0 Å². The third kappa shape index (κ3) is 3.56. The number of aliphatic hydroxyl groups is 1. The highest BCUT2D eigenvalue weighted by molar-refractivity contribution is 6.51. The first-order valence-electron chi connectivity index (χ1n) is 10.4. The van der Waals surface area contributed by atoms with Crippen molar-refractivity contribution < 1.29 is 19.4 Å². The fraction of sp³-hybridized carbons (Fsp3) is 0.185. The smallest absolute Gasteiger partial charge is 0.300 e. The molecule has 162 valence electrons. The van der Waals surface area contributed by atoms with Crippen LogP contribution in [0.2, 0.25) is 0 Å². The van der Waals surface area contributed by atoms with Crippen LogP contribution in [0.3, 0.4) is 0 Å². The van der Waals surface area contributed by atoms with Gasteiger partial charge in [-0.3, -0.25) is 14.5 Å². The first-order chi connectivity index (χ1) is 15.3. The first kappa shape index (κ1) is 21.4. The Labute approximate surface area is 187 Å². The van der Waals surface area contributed by atoms with Gasteiger partial charge in [-0.15, -0.1) is 0 Å². The quantitative estimate of drug-likeness (QED) is 0.351. The van der Waals surface area contributed by atoms with Crippen molar-refractivity contribution in [2.45, 2.75) is 26.8 Å². The molecule has 5 heteroatoms. The van der Waals surface area contributed by atoms with E-state index in [1.165, 1.54) is 4.90 Å². The highest BCUT2D eigenvalue weighted by Gasteiger charge is 2.47. The van der Waals surface area contributed by atoms with Crippen molar-refractivity contribution in [1.82, 2.24) is 0 Å². The van der Waals surface area contributed by atoms with Crippen LogP contribution in [0.5, 0.6) is 5.75 Å². The summed E-state index contributed by atoms with van der Waals surface area (Å²) in [4.78, 5) is 28.0. The molecule has 0 aliphatic carbocycles. The SMILES string of the molecule is COc1ccc(/C(O)=C2\C(=O)C(=O)N(c3ccc(C)cc3)C2c2ccccc2C)c(C)c1. The number of ether oxygens (including phenoxy) is 1. The van der Waals surface area contributed by atoms with Crippen LogP contribution in [0.25, 0.3) is 5.76 Å². The molecule has 32 heavy (non-hydrogen) atoms. The molecule has 1 fully saturated rings. The van der Waals surface area contributed by atoms with E-state index in [4.69, 9.17) is 4.74 Å². The molecule has 1 unspecified atom stereocenters. The zero-order valence-electron chi connectivity index (χ0n) is 18.5. The molecule has 1 aliphatic heterocycles. The minimum atomic E-state index is -0.736. The molecule has 0 radical (unpaired) electrons. The molecule has 0 saturated carbocycles. The van der Waals surface area contributed by atoms with Crippen molar-refractivity contribution in [3.05, 3.63) is 100 Å². The number of amides is 1. The zero-order chi connectivity index (χ0) is 23.0. The Bertz CT molecular complexity index is 1240. The number of anilines is 1. The Balaban J connectivity index is 1.97. The fourth-order valence-corrected chi connectivity index (χ4v) is 4.17. The maximum atomic E-state index is 13.3. The summed E-state index contributed by atoms with van der Waals surface area (Å²) in [6, 6.07) is 19.5. The van der Waals surface area contributed by atoms with E-state index >= 15 is 0 Å². The number of methoxy groups -OCH3 is 1. The van der Waals surface area contributed by atoms with Crippen molar-refractivity contribution in [1.29, 1.82) is 0 Å². The van der Waals surface area contributed by atoms with Crippen LogP contribution in [0.15, 0.2) is 72.3 Å². The molecule has 0 aromatic heterocycles. The predicted molar refractivity (Wildman–Crippen MR) is 125 cm³/mol. The van der Waals surface area contributed by atoms with Gasteiger partial charge in [0.2, 0.25) is 0 Å². The number of Topliss-reactive ketones (excluding diaryl/α,β-unsaturated/α-hetero) is 1. The molecule has 0 bridgehead atoms. The van der Waals surface area contributed by atoms with Crippen LogP contribution in [-0.2, 0) is 9.59 Å². The van der Waals surface area contributed by atoms with E-state index in [1.807, 2.05) is 69.3 Å². The number of nitrogens with zero attached hydrogens (tertiary/aromatic N) is 1. The fourth-order valence-electron chi connectivity index (χ4n) is 4.17. The number of carbonyl (C=O) groups is 2. The lowest BCUT2D eigenvalue weighted by atomic mass is 9.91. The molecule has 5 nitrogen and oxygen atoms in total. The Morgan fingerprint density at radius 3 is 2.22 bits per heavy atom. The maximum absolute atomic E-state index is 13.3. The second kappa shape index (κ2) is 8.35. The topological polar surface area (TPSA) is 66.8 Å². The number of carbonyl (C=O) groups excluding carboxylic acids is 2. The van der Waals surface area contributed by atoms with Crippen molar-refractivity contribution in [2.24, 2.45) is 0 Å². The lowest BCUT2D eigenvalue weighted by Crippen LogP contribution is -2.29. The number of aliphatic hydroxyl groups excluding tert-OH is 1. The van der Waals surface area contributed by atoms with Gasteiger partial charge >= 0.3 is 0 Å². The van der Waals surface area contributed by atoms with Gasteiger partial charge in [0.05, 0.1) is 18.7 Å². The van der Waals surface area contributed by atoms with Gasteiger partial charge in [-0.1, -0.05) is 42.0 Å². The summed E-state index contributed by atoms with van der Waals surface area (Å²) in [6.45, 7) is 5.72. The summed E-state index contributed by atoms with van der Waals surface area (Å²) >= 11 is 0. The summed E-state index contributed by atoms with van der Waals surface area (Å²) in [7, 11) is 1.57. The standard InChI is InChI=1S/C27H25NO4/c1-16-9-11-19(12-10-16)28-24(21-8-6-5-7-17(21)2)23(26(30)27(28)31)25(29)22-14-13-20(32-4)15-18(22)3/h5-15,24,29H,1-4H3/b25-23+. The average molecular weight is 428 g/mol. The number of hydrogen-bond acceptors (Lipinski definition) is 4. The predicted octanol–water partition coefficient (Wildman–Crippen LogP) is 5.25. The Morgan fingerprint density at radius 2 is 1.59 bits per heavy atom. The summed E-state index contributed by atoms with van der Waals surface area (Å²) in [5.41, 5.74) is 4.69. The summed E-state index contributed by atoms with van der Waals surface area (Å²) in [5, 5.41) is 11.3. The monoisotopic (exact) mass is 427 g/mol. The van der Waals surface area contributed by atoms with Crippen LogP contribution in [0, 0.1) is 20.8 Å². The van der Waals surface area contributed by atoms with E-state index in [-0.39, 0.29) is 11.3 Å². The van der Waals surface area contributed by atoms with Crippen LogP contribution in [0.4, 0.5) is 5.69 Å². The van der Waals surface area contributed by atoms with Crippen molar-refractivity contribution >= 4 is 23.1 Å². The van der Waals surface area contributed by atoms with E-state index in [9.17, 15) is 14.7 Å². The minimum Gasteiger partial charge on any atom is -0.507 e. The third-order valence-corrected chi connectivity index (χ3v) is 5.93. The van der Waals surface area contributed by atoms with E-state index in [0.29, 0.717) is 17.0 Å². The molecule has 1 aliphatic rings. The van der Waals surface area contributed by atoms with Crippen molar-refractivity contribution in [2.75, 3.05) is 12.0 Å². The number of ketones is 1. The molecule has 1 atom stereocenters. The number of benzene rings is 3. The van der Waals surface area contributed by atoms with Gasteiger partial charge in [-0.05, 0) is 67.8 Å². The van der Waals surface area contributed by atoms with E-state index in [2.05, 4.69) is 0 Å². The van der Waals surface area contributed by atoms with E-state index in [1.54, 1.807) is 25.3 Å². The minimum absolute atomic E-state index is 0.0816. The molecule has 3 aromatic carbocycles. The molecule has 3 aromatic rings. The van der Waals surface area contributed by atoms with E-state index in [0.717, 1.165) is 22.3 Å². The second-order valence-corrected chi connectivity index (χ2v) is 8.04. The van der Waals surface area contributed by atoms with Gasteiger partial charge in [0.25, 0.3) is 11.7 Å². The Hall–Kier alpha value is -3.86. The molecule has 4 rings (SSSR count). The molecular weight excluding hydrogens is 402 g/mol. The van der Waals surface area contributed by atoms with Crippen LogP contribution in [0.1, 0.15) is 33.9 Å². The molecule has 1 amide bonds. The van der Waals surface area contributed by atoms with Crippen LogP contribution >= 0.6 is 0 Å². The number of hydrogen-bond donors (Lipinski definition) is 1. The highest BCUT2D eigenvalue weighted by atomic mass is 16.5. The zero-order valence-corrected chi connectivity index (χ0v) is 18.5. The third-order valence-electron chi connectivity index (χ3n) is 5.93. The molecular formula is C27H25NO4. The van der Waals surface area contributed by atoms with Crippen molar-refractivity contribution in [3.63, 3.8) is 0 Å². The van der Waals surface area contributed by atoms with Crippen molar-refractivity contribution in [3.8, 4) is 5.75 Å². The Kier molecular flexibility index (Phi) is 5.57. The lowest BCUT2D eigenvalue weighted by molar-refractivity contribution is -0.132. The van der Waals surface area contributed by atoms with Crippen LogP contribution in [-0.4, -0.2) is 23.9 Å². The van der Waals surface area contributed by atoms with Gasteiger partial charge in [0, 0.05) is 11.3 Å². The Morgan fingerprint density at radius 1 is 0.906 bits per heavy atom. The molecule has 0 spiro atoms. The number of rotatable bonds is 4. The number of aryl methyl sites for hydroxylation is 3. The molecule has 1 N–H and O–H groups in total. The van der Waals surface area contributed by atoms with Gasteiger partial charge in [0.15, 0.2) is 0 Å². The molecule has 1 saturated heterocycles. The van der Waals surface area contributed by atoms with Gasteiger partial charge < -0.3 is 9.84 Å². The normalized spacial score (nSPS) is 17.6. The summed E-state index contributed by atoms with van der Waals surface area (Å²) in [6.07, 6.45) is 0. The summed E-state index contributed by atoms with van der Waals surface area (Å²) < 4.78 is 5.26. The summed E-state index contributed by atoms with van der Waals surface area (Å²) in [5.74, 6) is -0.901. The maximum Gasteiger partial charge on any atom is 0.300 e. The van der Waals surface area contributed by atoms with Gasteiger partial charge in [0.1, 0.15) is 11.5 Å². The largest absolute Gasteiger partial charge is 0.507 e. The lowest BCUT2D eigenvalue weighted by Gasteiger charge is -2.27. The van der Waals surface area contributed by atoms with E-state index < -0.39 is 17.7 Å². The average Bonchev–Trinajstić information content (AvgIpc) is 3.04.